The highest BCUT2D eigenvalue weighted by atomic mass is 15.1. The van der Waals surface area contributed by atoms with Gasteiger partial charge in [-0.3, -0.25) is 0 Å². The van der Waals surface area contributed by atoms with Gasteiger partial charge >= 0.3 is 0 Å². The molecule has 0 spiro atoms. The Morgan fingerprint density at radius 1 is 0.952 bits per heavy atom. The predicted octanol–water partition coefficient (Wildman–Crippen LogP) is 3.77. The molecule has 0 unspecified atom stereocenters. The first-order valence-electron chi connectivity index (χ1n) is 7.24. The molecule has 106 valence electrons. The molecule has 0 fully saturated rings. The van der Waals surface area contributed by atoms with E-state index < -0.39 is 0 Å². The monoisotopic (exact) mass is 277 g/mol. The standard InChI is InChI=1S/C18H19N3/c19-17-10-8-15(9-11-17)5-4-13-21-14-12-20-18(21)16-6-2-1-3-7-16/h1-3,6-12,14H,4-5,13,19H2. The number of imidazole rings is 1. The fourth-order valence-corrected chi connectivity index (χ4v) is 2.48. The Hall–Kier alpha value is -2.55. The maximum absolute atomic E-state index is 5.70. The van der Waals surface area contributed by atoms with Crippen molar-refractivity contribution < 1.29 is 0 Å². The van der Waals surface area contributed by atoms with Crippen molar-refractivity contribution in [2.75, 3.05) is 5.73 Å². The Kier molecular flexibility index (Phi) is 4.01. The third-order valence-electron chi connectivity index (χ3n) is 3.59. The molecule has 3 nitrogen and oxygen atoms in total. The average Bonchev–Trinajstić information content (AvgIpc) is 2.99. The summed E-state index contributed by atoms with van der Waals surface area (Å²) in [5, 5.41) is 0. The van der Waals surface area contributed by atoms with E-state index in [4.69, 9.17) is 5.73 Å². The second kappa shape index (κ2) is 6.27. The molecule has 1 heterocycles. The van der Waals surface area contributed by atoms with Crippen LogP contribution in [-0.4, -0.2) is 9.55 Å². The fourth-order valence-electron chi connectivity index (χ4n) is 2.48. The molecule has 1 aromatic heterocycles. The minimum absolute atomic E-state index is 0.819. The highest BCUT2D eigenvalue weighted by Crippen LogP contribution is 2.17. The van der Waals surface area contributed by atoms with Gasteiger partial charge in [0, 0.05) is 30.2 Å². The van der Waals surface area contributed by atoms with Crippen LogP contribution in [0.5, 0.6) is 0 Å². The second-order valence-corrected chi connectivity index (χ2v) is 5.16. The predicted molar refractivity (Wildman–Crippen MR) is 86.8 cm³/mol. The lowest BCUT2D eigenvalue weighted by Gasteiger charge is -2.08. The summed E-state index contributed by atoms with van der Waals surface area (Å²) in [6, 6.07) is 18.4. The molecule has 0 saturated carbocycles. The van der Waals surface area contributed by atoms with Gasteiger partial charge in [0.2, 0.25) is 0 Å². The molecule has 0 saturated heterocycles. The van der Waals surface area contributed by atoms with Crippen molar-refractivity contribution >= 4 is 5.69 Å². The zero-order valence-corrected chi connectivity index (χ0v) is 11.9. The van der Waals surface area contributed by atoms with Crippen molar-refractivity contribution in [3.8, 4) is 11.4 Å². The molecular formula is C18H19N3. The SMILES string of the molecule is Nc1ccc(CCCn2ccnc2-c2ccccc2)cc1. The molecule has 2 N–H and O–H groups in total. The number of hydrogen-bond acceptors (Lipinski definition) is 2. The lowest BCUT2D eigenvalue weighted by Crippen LogP contribution is -2.01. The van der Waals surface area contributed by atoms with Crippen molar-refractivity contribution in [1.29, 1.82) is 0 Å². The molecule has 0 aliphatic rings. The zero-order chi connectivity index (χ0) is 14.5. The first-order valence-corrected chi connectivity index (χ1v) is 7.24. The first kappa shape index (κ1) is 13.4. The van der Waals surface area contributed by atoms with E-state index in [9.17, 15) is 0 Å². The van der Waals surface area contributed by atoms with Crippen molar-refractivity contribution in [3.63, 3.8) is 0 Å². The fraction of sp³-hybridized carbons (Fsp3) is 0.167. The van der Waals surface area contributed by atoms with E-state index in [1.165, 1.54) is 5.56 Å². The Morgan fingerprint density at radius 3 is 2.48 bits per heavy atom. The number of nitrogen functional groups attached to an aromatic ring is 1. The van der Waals surface area contributed by atoms with Gasteiger partial charge in [-0.1, -0.05) is 42.5 Å². The highest BCUT2D eigenvalue weighted by molar-refractivity contribution is 5.55. The first-order chi connectivity index (χ1) is 10.3. The Morgan fingerprint density at radius 2 is 1.71 bits per heavy atom. The molecule has 3 aromatic rings. The van der Waals surface area contributed by atoms with Gasteiger partial charge in [-0.05, 0) is 30.5 Å². The molecule has 3 rings (SSSR count). The van der Waals surface area contributed by atoms with E-state index in [0.29, 0.717) is 0 Å². The summed E-state index contributed by atoms with van der Waals surface area (Å²) >= 11 is 0. The normalized spacial score (nSPS) is 10.7. The van der Waals surface area contributed by atoms with Crippen LogP contribution >= 0.6 is 0 Å². The summed E-state index contributed by atoms with van der Waals surface area (Å²) in [5.74, 6) is 1.04. The minimum Gasteiger partial charge on any atom is -0.399 e. The molecule has 0 radical (unpaired) electrons. The second-order valence-electron chi connectivity index (χ2n) is 5.16. The molecule has 21 heavy (non-hydrogen) atoms. The van der Waals surface area contributed by atoms with Gasteiger partial charge in [0.25, 0.3) is 0 Å². The summed E-state index contributed by atoms with van der Waals surface area (Å²) in [6.45, 7) is 0.967. The summed E-state index contributed by atoms with van der Waals surface area (Å²) in [7, 11) is 0. The largest absolute Gasteiger partial charge is 0.399 e. The molecule has 0 aliphatic heterocycles. The van der Waals surface area contributed by atoms with E-state index in [-0.39, 0.29) is 0 Å². The maximum Gasteiger partial charge on any atom is 0.139 e. The van der Waals surface area contributed by atoms with Crippen molar-refractivity contribution in [3.05, 3.63) is 72.6 Å². The molecule has 0 amide bonds. The van der Waals surface area contributed by atoms with Crippen LogP contribution in [0.3, 0.4) is 0 Å². The van der Waals surface area contributed by atoms with Gasteiger partial charge in [-0.15, -0.1) is 0 Å². The van der Waals surface area contributed by atoms with Crippen LogP contribution in [0.2, 0.25) is 0 Å². The van der Waals surface area contributed by atoms with E-state index in [1.807, 2.05) is 42.7 Å². The summed E-state index contributed by atoms with van der Waals surface area (Å²) < 4.78 is 2.21. The topological polar surface area (TPSA) is 43.8 Å². The quantitative estimate of drug-likeness (QED) is 0.721. The molecule has 0 atom stereocenters. The number of nitrogens with two attached hydrogens (primary N) is 1. The summed E-state index contributed by atoms with van der Waals surface area (Å²) in [4.78, 5) is 4.47. The van der Waals surface area contributed by atoms with E-state index >= 15 is 0 Å². The van der Waals surface area contributed by atoms with Crippen LogP contribution in [0.1, 0.15) is 12.0 Å². The number of benzene rings is 2. The van der Waals surface area contributed by atoms with E-state index in [2.05, 4.69) is 33.8 Å². The zero-order valence-electron chi connectivity index (χ0n) is 11.9. The minimum atomic E-state index is 0.819. The summed E-state index contributed by atoms with van der Waals surface area (Å²) in [5.41, 5.74) is 9.01. The highest BCUT2D eigenvalue weighted by Gasteiger charge is 2.04. The Balaban J connectivity index is 1.64. The van der Waals surface area contributed by atoms with Crippen LogP contribution in [0, 0.1) is 0 Å². The van der Waals surface area contributed by atoms with Crippen molar-refractivity contribution in [2.45, 2.75) is 19.4 Å². The Bertz CT molecular complexity index is 684. The number of rotatable bonds is 5. The Labute approximate surface area is 125 Å². The molecule has 2 aromatic carbocycles. The van der Waals surface area contributed by atoms with Gasteiger partial charge in [0.15, 0.2) is 0 Å². The number of hydrogen-bond donors (Lipinski definition) is 1. The van der Waals surface area contributed by atoms with Crippen molar-refractivity contribution in [1.82, 2.24) is 9.55 Å². The molecular weight excluding hydrogens is 258 g/mol. The van der Waals surface area contributed by atoms with Crippen LogP contribution in [0.25, 0.3) is 11.4 Å². The number of nitrogens with zero attached hydrogens (tertiary/aromatic N) is 2. The van der Waals surface area contributed by atoms with E-state index in [0.717, 1.165) is 36.5 Å². The van der Waals surface area contributed by atoms with Crippen LogP contribution in [-0.2, 0) is 13.0 Å². The number of aromatic nitrogens is 2. The van der Waals surface area contributed by atoms with Gasteiger partial charge in [-0.25, -0.2) is 4.98 Å². The van der Waals surface area contributed by atoms with Crippen LogP contribution in [0.4, 0.5) is 5.69 Å². The van der Waals surface area contributed by atoms with Gasteiger partial charge in [0.1, 0.15) is 5.82 Å². The van der Waals surface area contributed by atoms with Crippen LogP contribution in [0.15, 0.2) is 67.0 Å². The third kappa shape index (κ3) is 3.31. The average molecular weight is 277 g/mol. The maximum atomic E-state index is 5.70. The van der Waals surface area contributed by atoms with Gasteiger partial charge in [0.05, 0.1) is 0 Å². The van der Waals surface area contributed by atoms with Gasteiger partial charge in [-0.2, -0.15) is 0 Å². The van der Waals surface area contributed by atoms with Crippen LogP contribution < -0.4 is 5.73 Å². The lowest BCUT2D eigenvalue weighted by molar-refractivity contribution is 0.648. The van der Waals surface area contributed by atoms with E-state index in [1.54, 1.807) is 0 Å². The van der Waals surface area contributed by atoms with Crippen molar-refractivity contribution in [2.24, 2.45) is 0 Å². The summed E-state index contributed by atoms with van der Waals surface area (Å²) in [6.07, 6.45) is 6.05. The smallest absolute Gasteiger partial charge is 0.139 e. The number of aryl methyl sites for hydroxylation is 2. The molecule has 3 heteroatoms. The molecule has 0 aliphatic carbocycles. The molecule has 0 bridgehead atoms. The lowest BCUT2D eigenvalue weighted by atomic mass is 10.1. The number of anilines is 1. The third-order valence-corrected chi connectivity index (χ3v) is 3.59. The van der Waals surface area contributed by atoms with Gasteiger partial charge < -0.3 is 10.3 Å².